The van der Waals surface area contributed by atoms with Gasteiger partial charge in [-0.1, -0.05) is 12.2 Å². The van der Waals surface area contributed by atoms with Crippen molar-refractivity contribution in [1.29, 1.82) is 0 Å². The molecule has 0 aromatic heterocycles. The Morgan fingerprint density at radius 3 is 2.85 bits per heavy atom. The van der Waals surface area contributed by atoms with E-state index < -0.39 is 5.91 Å². The molecule has 0 fully saturated rings. The fraction of sp³-hybridized carbons (Fsp3) is 0.556. The maximum Gasteiger partial charge on any atom is 0.236 e. The van der Waals surface area contributed by atoms with Gasteiger partial charge in [0.15, 0.2) is 0 Å². The van der Waals surface area contributed by atoms with Crippen LogP contribution in [0.2, 0.25) is 0 Å². The Morgan fingerprint density at radius 1 is 1.54 bits per heavy atom. The van der Waals surface area contributed by atoms with Gasteiger partial charge >= 0.3 is 0 Å². The minimum Gasteiger partial charge on any atom is -0.368 e. The second-order valence-electron chi connectivity index (χ2n) is 3.15. The highest BCUT2D eigenvalue weighted by molar-refractivity contribution is 5.85. The number of hydrogen-bond acceptors (Lipinski definition) is 2. The second kappa shape index (κ2) is 4.64. The molecule has 0 aliphatic heterocycles. The van der Waals surface area contributed by atoms with E-state index in [4.69, 9.17) is 5.73 Å². The van der Waals surface area contributed by atoms with Crippen molar-refractivity contribution in [3.63, 3.8) is 0 Å². The lowest BCUT2D eigenvalue weighted by molar-refractivity contribution is -0.126. The molecule has 1 aliphatic rings. The number of nitrogens with one attached hydrogen (secondary N) is 1. The monoisotopic (exact) mass is 182 g/mol. The van der Waals surface area contributed by atoms with Gasteiger partial charge in [-0.15, -0.1) is 0 Å². The summed E-state index contributed by atoms with van der Waals surface area (Å²) in [5, 5.41) is 2.49. The van der Waals surface area contributed by atoms with Crippen LogP contribution in [0, 0.1) is 5.92 Å². The van der Waals surface area contributed by atoms with Gasteiger partial charge < -0.3 is 11.1 Å². The fourth-order valence-electron chi connectivity index (χ4n) is 1.34. The van der Waals surface area contributed by atoms with Crippen LogP contribution in [0.3, 0.4) is 0 Å². The first kappa shape index (κ1) is 9.77. The van der Waals surface area contributed by atoms with Gasteiger partial charge in [0.25, 0.3) is 0 Å². The zero-order chi connectivity index (χ0) is 9.68. The fourth-order valence-corrected chi connectivity index (χ4v) is 1.34. The summed E-state index contributed by atoms with van der Waals surface area (Å²) < 4.78 is 0. The Hall–Kier alpha value is -1.32. The Kier molecular flexibility index (Phi) is 3.49. The molecule has 0 radical (unpaired) electrons. The third-order valence-corrected chi connectivity index (χ3v) is 2.03. The Balaban J connectivity index is 2.34. The predicted octanol–water partition coefficient (Wildman–Crippen LogP) is -0.0558. The summed E-state index contributed by atoms with van der Waals surface area (Å²) in [6, 6.07) is 0. The molecule has 2 amide bonds. The minimum absolute atomic E-state index is 0.0663. The van der Waals surface area contributed by atoms with Gasteiger partial charge in [-0.25, -0.2) is 0 Å². The summed E-state index contributed by atoms with van der Waals surface area (Å²) in [6.45, 7) is -0.0663. The normalized spacial score (nSPS) is 21.1. The highest BCUT2D eigenvalue weighted by atomic mass is 16.2. The number of carbonyl (C=O) groups excluding carboxylic acids is 2. The molecule has 1 atom stereocenters. The van der Waals surface area contributed by atoms with Crippen molar-refractivity contribution in [3.05, 3.63) is 12.2 Å². The molecule has 0 bridgehead atoms. The van der Waals surface area contributed by atoms with Gasteiger partial charge in [0.05, 0.1) is 12.5 Å². The van der Waals surface area contributed by atoms with E-state index in [2.05, 4.69) is 5.32 Å². The molecule has 0 aromatic rings. The molecule has 1 rings (SSSR count). The van der Waals surface area contributed by atoms with E-state index in [0.29, 0.717) is 0 Å². The topological polar surface area (TPSA) is 72.2 Å². The Labute approximate surface area is 77.2 Å². The van der Waals surface area contributed by atoms with Crippen LogP contribution in [0.4, 0.5) is 0 Å². The first-order valence-corrected chi connectivity index (χ1v) is 4.43. The zero-order valence-electron chi connectivity index (χ0n) is 7.45. The molecule has 13 heavy (non-hydrogen) atoms. The average molecular weight is 182 g/mol. The molecule has 0 saturated carbocycles. The number of allylic oxidation sites excluding steroid dienone is 1. The first-order valence-electron chi connectivity index (χ1n) is 4.43. The number of primary amides is 1. The minimum atomic E-state index is -0.506. The molecule has 3 N–H and O–H groups in total. The number of nitrogens with two attached hydrogens (primary N) is 1. The maximum absolute atomic E-state index is 11.3. The summed E-state index contributed by atoms with van der Waals surface area (Å²) in [5.41, 5.74) is 4.90. The third-order valence-electron chi connectivity index (χ3n) is 2.03. The van der Waals surface area contributed by atoms with Crippen molar-refractivity contribution in [2.75, 3.05) is 6.54 Å². The second-order valence-corrected chi connectivity index (χ2v) is 3.15. The van der Waals surface area contributed by atoms with Crippen molar-refractivity contribution in [1.82, 2.24) is 5.32 Å². The van der Waals surface area contributed by atoms with E-state index in [-0.39, 0.29) is 18.4 Å². The van der Waals surface area contributed by atoms with Gasteiger partial charge in [0.1, 0.15) is 0 Å². The molecule has 0 aromatic carbocycles. The summed E-state index contributed by atoms with van der Waals surface area (Å²) in [5.74, 6) is -0.684. The number of carbonyl (C=O) groups is 2. The molecule has 1 unspecified atom stereocenters. The molecule has 4 heteroatoms. The van der Waals surface area contributed by atoms with Gasteiger partial charge in [-0.3, -0.25) is 9.59 Å². The SMILES string of the molecule is NC(=O)CNC(=O)C1C=CCCC1. The third kappa shape index (κ3) is 3.27. The lowest BCUT2D eigenvalue weighted by Crippen LogP contribution is -2.37. The smallest absolute Gasteiger partial charge is 0.236 e. The van der Waals surface area contributed by atoms with Gasteiger partial charge in [0.2, 0.25) is 11.8 Å². The van der Waals surface area contributed by atoms with Crippen molar-refractivity contribution in [3.8, 4) is 0 Å². The molecule has 0 saturated heterocycles. The summed E-state index contributed by atoms with van der Waals surface area (Å²) in [6.07, 6.45) is 6.82. The van der Waals surface area contributed by atoms with Crippen molar-refractivity contribution < 1.29 is 9.59 Å². The standard InChI is InChI=1S/C9H14N2O2/c10-8(12)6-11-9(13)7-4-2-1-3-5-7/h2,4,7H,1,3,5-6H2,(H2,10,12)(H,11,13). The zero-order valence-corrected chi connectivity index (χ0v) is 7.45. The lowest BCUT2D eigenvalue weighted by atomic mass is 9.95. The van der Waals surface area contributed by atoms with Gasteiger partial charge in [0, 0.05) is 0 Å². The van der Waals surface area contributed by atoms with Gasteiger partial charge in [-0.2, -0.15) is 0 Å². The number of rotatable bonds is 3. The predicted molar refractivity (Wildman–Crippen MR) is 48.7 cm³/mol. The Morgan fingerprint density at radius 2 is 2.31 bits per heavy atom. The first-order chi connectivity index (χ1) is 6.20. The summed E-state index contributed by atoms with van der Waals surface area (Å²) >= 11 is 0. The quantitative estimate of drug-likeness (QED) is 0.600. The average Bonchev–Trinajstić information content (AvgIpc) is 2.15. The maximum atomic E-state index is 11.3. The highest BCUT2D eigenvalue weighted by Crippen LogP contribution is 2.16. The Bertz CT molecular complexity index is 236. The van der Waals surface area contributed by atoms with Crippen molar-refractivity contribution in [2.24, 2.45) is 11.7 Å². The van der Waals surface area contributed by atoms with Crippen LogP contribution in [0.1, 0.15) is 19.3 Å². The molecule has 0 heterocycles. The molecule has 4 nitrogen and oxygen atoms in total. The van der Waals surface area contributed by atoms with Crippen LogP contribution < -0.4 is 11.1 Å². The van der Waals surface area contributed by atoms with E-state index in [0.717, 1.165) is 19.3 Å². The van der Waals surface area contributed by atoms with Crippen LogP contribution in [0.25, 0.3) is 0 Å². The van der Waals surface area contributed by atoms with Crippen molar-refractivity contribution >= 4 is 11.8 Å². The molecule has 1 aliphatic carbocycles. The van der Waals surface area contributed by atoms with Crippen LogP contribution in [0.15, 0.2) is 12.2 Å². The summed E-state index contributed by atoms with van der Waals surface area (Å²) in [4.78, 5) is 21.7. The van der Waals surface area contributed by atoms with Crippen LogP contribution in [-0.2, 0) is 9.59 Å². The van der Waals surface area contributed by atoms with Crippen LogP contribution >= 0.6 is 0 Å². The number of amides is 2. The van der Waals surface area contributed by atoms with Crippen molar-refractivity contribution in [2.45, 2.75) is 19.3 Å². The lowest BCUT2D eigenvalue weighted by Gasteiger charge is -2.14. The van der Waals surface area contributed by atoms with E-state index in [1.165, 1.54) is 0 Å². The van der Waals surface area contributed by atoms with E-state index >= 15 is 0 Å². The number of hydrogen-bond donors (Lipinski definition) is 2. The van der Waals surface area contributed by atoms with Crippen LogP contribution in [-0.4, -0.2) is 18.4 Å². The largest absolute Gasteiger partial charge is 0.368 e. The van der Waals surface area contributed by atoms with E-state index in [1.807, 2.05) is 12.2 Å². The van der Waals surface area contributed by atoms with Gasteiger partial charge in [-0.05, 0) is 19.3 Å². The van der Waals surface area contributed by atoms with Crippen LogP contribution in [0.5, 0.6) is 0 Å². The van der Waals surface area contributed by atoms with E-state index in [9.17, 15) is 9.59 Å². The molecule has 0 spiro atoms. The molecule has 72 valence electrons. The highest BCUT2D eigenvalue weighted by Gasteiger charge is 2.16. The van der Waals surface area contributed by atoms with E-state index in [1.54, 1.807) is 0 Å². The molecular weight excluding hydrogens is 168 g/mol. The molecular formula is C9H14N2O2. The summed E-state index contributed by atoms with van der Waals surface area (Å²) in [7, 11) is 0.